The number of hydrogen-bond donors (Lipinski definition) is 1. The second-order valence-electron chi connectivity index (χ2n) is 3.90. The van der Waals surface area contributed by atoms with Crippen molar-refractivity contribution in [1.29, 1.82) is 0 Å². The standard InChI is InChI=1S/C12H9BrCl2N2O2S/c13-9-1-3-10(4-2-9)20(18,19)16-7-8-5-11(14)17-12(15)6-8/h1-6,16H,7H2. The highest BCUT2D eigenvalue weighted by atomic mass is 79.9. The molecule has 0 unspecified atom stereocenters. The average Bonchev–Trinajstić information content (AvgIpc) is 2.36. The molecule has 106 valence electrons. The van der Waals surface area contributed by atoms with Gasteiger partial charge in [0.05, 0.1) is 4.90 Å². The van der Waals surface area contributed by atoms with Crippen molar-refractivity contribution in [3.8, 4) is 0 Å². The van der Waals surface area contributed by atoms with Gasteiger partial charge in [-0.2, -0.15) is 0 Å². The van der Waals surface area contributed by atoms with Gasteiger partial charge in [0.1, 0.15) is 10.3 Å². The van der Waals surface area contributed by atoms with E-state index in [0.29, 0.717) is 5.56 Å². The van der Waals surface area contributed by atoms with Gasteiger partial charge >= 0.3 is 0 Å². The molecule has 0 bridgehead atoms. The molecule has 1 heterocycles. The van der Waals surface area contributed by atoms with Crippen molar-refractivity contribution in [2.45, 2.75) is 11.4 Å². The molecule has 0 radical (unpaired) electrons. The van der Waals surface area contributed by atoms with Gasteiger partial charge in [-0.15, -0.1) is 0 Å². The smallest absolute Gasteiger partial charge is 0.224 e. The van der Waals surface area contributed by atoms with Crippen LogP contribution in [0, 0.1) is 0 Å². The summed E-state index contributed by atoms with van der Waals surface area (Å²) in [7, 11) is -3.58. The Labute approximate surface area is 135 Å². The predicted molar refractivity (Wildman–Crippen MR) is 82.4 cm³/mol. The molecule has 1 aromatic heterocycles. The molecule has 0 saturated carbocycles. The maximum Gasteiger partial charge on any atom is 0.240 e. The lowest BCUT2D eigenvalue weighted by Crippen LogP contribution is -2.23. The van der Waals surface area contributed by atoms with Crippen LogP contribution in [0.4, 0.5) is 0 Å². The number of sulfonamides is 1. The van der Waals surface area contributed by atoms with Crippen molar-refractivity contribution in [3.05, 3.63) is 56.7 Å². The van der Waals surface area contributed by atoms with Crippen molar-refractivity contribution in [2.24, 2.45) is 0 Å². The first-order valence-electron chi connectivity index (χ1n) is 5.44. The van der Waals surface area contributed by atoms with E-state index in [9.17, 15) is 8.42 Å². The molecule has 1 N–H and O–H groups in total. The Kier molecular flexibility index (Phi) is 5.04. The molecule has 0 amide bonds. The Balaban J connectivity index is 2.15. The van der Waals surface area contributed by atoms with Gasteiger partial charge in [-0.05, 0) is 42.0 Å². The summed E-state index contributed by atoms with van der Waals surface area (Å²) in [5, 5.41) is 0.436. The zero-order valence-electron chi connectivity index (χ0n) is 9.98. The summed E-state index contributed by atoms with van der Waals surface area (Å²) < 4.78 is 27.4. The van der Waals surface area contributed by atoms with Crippen LogP contribution in [0.25, 0.3) is 0 Å². The summed E-state index contributed by atoms with van der Waals surface area (Å²) in [6.07, 6.45) is 0. The molecule has 0 spiro atoms. The van der Waals surface area contributed by atoms with E-state index in [1.165, 1.54) is 12.1 Å². The number of halogens is 3. The summed E-state index contributed by atoms with van der Waals surface area (Å²) >= 11 is 14.8. The molecule has 4 nitrogen and oxygen atoms in total. The van der Waals surface area contributed by atoms with Crippen LogP contribution in [-0.2, 0) is 16.6 Å². The van der Waals surface area contributed by atoms with E-state index < -0.39 is 10.0 Å². The lowest BCUT2D eigenvalue weighted by atomic mass is 10.3. The number of benzene rings is 1. The molecule has 0 aliphatic carbocycles. The highest BCUT2D eigenvalue weighted by Crippen LogP contribution is 2.17. The summed E-state index contributed by atoms with van der Waals surface area (Å²) in [6, 6.07) is 9.45. The van der Waals surface area contributed by atoms with Gasteiger partial charge in [0.15, 0.2) is 0 Å². The van der Waals surface area contributed by atoms with Gasteiger partial charge in [-0.3, -0.25) is 0 Å². The first kappa shape index (κ1) is 15.7. The largest absolute Gasteiger partial charge is 0.240 e. The van der Waals surface area contributed by atoms with Crippen molar-refractivity contribution in [2.75, 3.05) is 0 Å². The highest BCUT2D eigenvalue weighted by Gasteiger charge is 2.13. The van der Waals surface area contributed by atoms with Crippen molar-refractivity contribution in [1.82, 2.24) is 9.71 Å². The van der Waals surface area contributed by atoms with Crippen molar-refractivity contribution >= 4 is 49.2 Å². The van der Waals surface area contributed by atoms with Crippen LogP contribution in [0.2, 0.25) is 10.3 Å². The lowest BCUT2D eigenvalue weighted by molar-refractivity contribution is 0.581. The molecular weight excluding hydrogens is 387 g/mol. The number of nitrogens with zero attached hydrogens (tertiary/aromatic N) is 1. The van der Waals surface area contributed by atoms with E-state index in [4.69, 9.17) is 23.2 Å². The van der Waals surface area contributed by atoms with Gasteiger partial charge < -0.3 is 0 Å². The maximum atomic E-state index is 12.1. The van der Waals surface area contributed by atoms with Crippen molar-refractivity contribution < 1.29 is 8.42 Å². The lowest BCUT2D eigenvalue weighted by Gasteiger charge is -2.07. The predicted octanol–water partition coefficient (Wildman–Crippen LogP) is 3.63. The van der Waals surface area contributed by atoms with Gasteiger partial charge in [0.2, 0.25) is 10.0 Å². The van der Waals surface area contributed by atoms with Crippen LogP contribution in [0.1, 0.15) is 5.56 Å². The van der Waals surface area contributed by atoms with Crippen molar-refractivity contribution in [3.63, 3.8) is 0 Å². The second-order valence-corrected chi connectivity index (χ2v) is 7.36. The Hall–Kier alpha value is -0.660. The number of hydrogen-bond acceptors (Lipinski definition) is 3. The van der Waals surface area contributed by atoms with Crippen LogP contribution < -0.4 is 4.72 Å². The molecule has 2 rings (SSSR count). The maximum absolute atomic E-state index is 12.1. The third kappa shape index (κ3) is 4.17. The minimum Gasteiger partial charge on any atom is -0.224 e. The van der Waals surface area contributed by atoms with Crippen LogP contribution >= 0.6 is 39.1 Å². The number of aromatic nitrogens is 1. The third-order valence-corrected chi connectivity index (χ3v) is 4.75. The van der Waals surface area contributed by atoms with E-state index in [1.807, 2.05) is 0 Å². The summed E-state index contributed by atoms with van der Waals surface area (Å²) in [4.78, 5) is 3.98. The molecule has 8 heteroatoms. The molecule has 0 aliphatic heterocycles. The van der Waals surface area contributed by atoms with E-state index in [-0.39, 0.29) is 21.7 Å². The quantitative estimate of drug-likeness (QED) is 0.804. The number of nitrogens with one attached hydrogen (secondary N) is 1. The second kappa shape index (κ2) is 6.41. The fourth-order valence-corrected chi connectivity index (χ4v) is 3.28. The molecule has 0 aliphatic rings. The molecular formula is C12H9BrCl2N2O2S. The average molecular weight is 396 g/mol. The molecule has 0 saturated heterocycles. The van der Waals surface area contributed by atoms with Gasteiger partial charge in [-0.25, -0.2) is 18.1 Å². The Morgan fingerprint density at radius 1 is 1.10 bits per heavy atom. The number of rotatable bonds is 4. The van der Waals surface area contributed by atoms with Crippen LogP contribution in [-0.4, -0.2) is 13.4 Å². The first-order chi connectivity index (χ1) is 9.37. The molecule has 0 fully saturated rings. The highest BCUT2D eigenvalue weighted by molar-refractivity contribution is 9.10. The summed E-state index contributed by atoms with van der Waals surface area (Å²) in [5.41, 5.74) is 0.635. The first-order valence-corrected chi connectivity index (χ1v) is 8.47. The fourth-order valence-electron chi connectivity index (χ4n) is 1.49. The molecule has 20 heavy (non-hydrogen) atoms. The van der Waals surface area contributed by atoms with E-state index in [2.05, 4.69) is 25.6 Å². The molecule has 2 aromatic rings. The van der Waals surface area contributed by atoms with E-state index >= 15 is 0 Å². The molecule has 1 aromatic carbocycles. The SMILES string of the molecule is O=S(=O)(NCc1cc(Cl)nc(Cl)c1)c1ccc(Br)cc1. The van der Waals surface area contributed by atoms with Crippen LogP contribution in [0.5, 0.6) is 0 Å². The van der Waals surface area contributed by atoms with E-state index in [0.717, 1.165) is 4.47 Å². The van der Waals surface area contributed by atoms with Gasteiger partial charge in [0, 0.05) is 11.0 Å². The topological polar surface area (TPSA) is 59.1 Å². The summed E-state index contributed by atoms with van der Waals surface area (Å²) in [6.45, 7) is 0.0837. The summed E-state index contributed by atoms with van der Waals surface area (Å²) in [5.74, 6) is 0. The Bertz CT molecular complexity index is 700. The van der Waals surface area contributed by atoms with E-state index in [1.54, 1.807) is 24.3 Å². The molecule has 0 atom stereocenters. The zero-order valence-corrected chi connectivity index (χ0v) is 13.9. The monoisotopic (exact) mass is 394 g/mol. The zero-order chi connectivity index (χ0) is 14.8. The minimum absolute atomic E-state index is 0.0837. The Morgan fingerprint density at radius 3 is 2.20 bits per heavy atom. The van der Waals surface area contributed by atoms with Gasteiger partial charge in [0.25, 0.3) is 0 Å². The third-order valence-electron chi connectivity index (χ3n) is 2.41. The minimum atomic E-state index is -3.58. The fraction of sp³-hybridized carbons (Fsp3) is 0.0833. The van der Waals surface area contributed by atoms with Crippen LogP contribution in [0.15, 0.2) is 45.8 Å². The van der Waals surface area contributed by atoms with Crippen LogP contribution in [0.3, 0.4) is 0 Å². The van der Waals surface area contributed by atoms with Gasteiger partial charge in [-0.1, -0.05) is 39.1 Å². The normalized spacial score (nSPS) is 11.6. The Morgan fingerprint density at radius 2 is 1.65 bits per heavy atom. The number of pyridine rings is 1.